The first kappa shape index (κ1) is 21.8. The maximum Gasteiger partial charge on any atom is 0.243 e. The van der Waals surface area contributed by atoms with Gasteiger partial charge in [0, 0.05) is 25.3 Å². The topological polar surface area (TPSA) is 93.5 Å². The van der Waals surface area contributed by atoms with Gasteiger partial charge < -0.3 is 14.6 Å². The maximum absolute atomic E-state index is 13.0. The van der Waals surface area contributed by atoms with E-state index in [2.05, 4.69) is 10.3 Å². The van der Waals surface area contributed by atoms with Gasteiger partial charge in [-0.05, 0) is 37.3 Å². The molecular weight excluding hydrogens is 436 g/mol. The molecule has 164 valence electrons. The molecule has 0 unspecified atom stereocenters. The van der Waals surface area contributed by atoms with Gasteiger partial charge in [-0.3, -0.25) is 4.79 Å². The van der Waals surface area contributed by atoms with E-state index in [0.29, 0.717) is 43.5 Å². The molecule has 4 rings (SSSR count). The largest absolute Gasteiger partial charge is 0.379 e. The normalized spacial score (nSPS) is 15.3. The number of morpholine rings is 1. The van der Waals surface area contributed by atoms with Crippen molar-refractivity contribution in [3.63, 3.8) is 0 Å². The minimum atomic E-state index is -3.59. The first-order valence-corrected chi connectivity index (χ1v) is 12.5. The van der Waals surface area contributed by atoms with Crippen LogP contribution in [0, 0.1) is 0 Å². The molecule has 1 N–H and O–H groups in total. The summed E-state index contributed by atoms with van der Waals surface area (Å²) < 4.78 is 34.6. The fourth-order valence-corrected chi connectivity index (χ4v) is 5.76. The van der Waals surface area contributed by atoms with Crippen LogP contribution in [-0.2, 0) is 26.1 Å². The number of aryl methyl sites for hydroxylation is 1. The van der Waals surface area contributed by atoms with Crippen molar-refractivity contribution >= 4 is 44.4 Å². The van der Waals surface area contributed by atoms with E-state index in [-0.39, 0.29) is 16.6 Å². The highest BCUT2D eigenvalue weighted by Gasteiger charge is 2.27. The number of amides is 1. The zero-order valence-electron chi connectivity index (χ0n) is 17.2. The quantitative estimate of drug-likeness (QED) is 0.545. The number of aromatic nitrogens is 2. The van der Waals surface area contributed by atoms with E-state index in [1.165, 1.54) is 16.1 Å². The van der Waals surface area contributed by atoms with E-state index in [0.717, 1.165) is 11.2 Å². The molecule has 1 amide bonds. The van der Waals surface area contributed by atoms with Crippen LogP contribution in [0.5, 0.6) is 0 Å². The number of fused-ring (bicyclic) bond motifs is 1. The summed E-state index contributed by atoms with van der Waals surface area (Å²) in [6, 6.07) is 14.3. The third-order valence-electron chi connectivity index (χ3n) is 5.00. The standard InChI is InChI=1S/C21H24N4O4S2/c1-2-25-19-9-8-17(31(27,28)24-10-12-29-13-11-24)14-18(19)23-21(25)30-15-20(26)22-16-6-4-3-5-7-16/h3-9,14H,2,10-13,15H2,1H3,(H,22,26). The van der Waals surface area contributed by atoms with Crippen LogP contribution in [0.1, 0.15) is 6.92 Å². The number of nitrogens with zero attached hydrogens (tertiary/aromatic N) is 3. The van der Waals surface area contributed by atoms with Gasteiger partial charge in [0.15, 0.2) is 5.16 Å². The summed E-state index contributed by atoms with van der Waals surface area (Å²) in [5.74, 6) is 0.0819. The zero-order valence-corrected chi connectivity index (χ0v) is 18.8. The predicted molar refractivity (Wildman–Crippen MR) is 121 cm³/mol. The summed E-state index contributed by atoms with van der Waals surface area (Å²) >= 11 is 1.33. The number of benzene rings is 2. The minimum absolute atomic E-state index is 0.124. The van der Waals surface area contributed by atoms with Gasteiger partial charge in [0.1, 0.15) is 0 Å². The van der Waals surface area contributed by atoms with Gasteiger partial charge in [-0.15, -0.1) is 0 Å². The maximum atomic E-state index is 13.0. The highest BCUT2D eigenvalue weighted by atomic mass is 32.2. The smallest absolute Gasteiger partial charge is 0.243 e. The van der Waals surface area contributed by atoms with Crippen LogP contribution in [0.4, 0.5) is 5.69 Å². The Morgan fingerprint density at radius 3 is 2.61 bits per heavy atom. The van der Waals surface area contributed by atoms with E-state index in [1.807, 2.05) is 41.8 Å². The van der Waals surface area contributed by atoms with Gasteiger partial charge in [-0.25, -0.2) is 13.4 Å². The molecule has 1 aliphatic rings. The molecule has 0 saturated carbocycles. The first-order chi connectivity index (χ1) is 15.0. The number of anilines is 1. The number of sulfonamides is 1. The summed E-state index contributed by atoms with van der Waals surface area (Å²) in [6.45, 7) is 4.15. The molecule has 8 nitrogen and oxygen atoms in total. The molecule has 0 spiro atoms. The molecule has 0 bridgehead atoms. The van der Waals surface area contributed by atoms with Crippen LogP contribution >= 0.6 is 11.8 Å². The molecule has 0 radical (unpaired) electrons. The van der Waals surface area contributed by atoms with Crippen molar-refractivity contribution in [1.82, 2.24) is 13.9 Å². The van der Waals surface area contributed by atoms with Gasteiger partial charge in [-0.1, -0.05) is 30.0 Å². The number of nitrogens with one attached hydrogen (secondary N) is 1. The van der Waals surface area contributed by atoms with Crippen LogP contribution < -0.4 is 5.32 Å². The number of rotatable bonds is 7. The van der Waals surface area contributed by atoms with E-state index < -0.39 is 10.0 Å². The second kappa shape index (κ2) is 9.39. The highest BCUT2D eigenvalue weighted by molar-refractivity contribution is 7.99. The second-order valence-corrected chi connectivity index (χ2v) is 9.89. The second-order valence-electron chi connectivity index (χ2n) is 7.01. The summed E-state index contributed by atoms with van der Waals surface area (Å²) in [6.07, 6.45) is 0. The van der Waals surface area contributed by atoms with Crippen LogP contribution in [0.25, 0.3) is 11.0 Å². The number of imidazole rings is 1. The molecule has 1 aliphatic heterocycles. The lowest BCUT2D eigenvalue weighted by atomic mass is 10.3. The predicted octanol–water partition coefficient (Wildman–Crippen LogP) is 2.81. The van der Waals surface area contributed by atoms with Gasteiger partial charge in [0.2, 0.25) is 15.9 Å². The Morgan fingerprint density at radius 2 is 1.90 bits per heavy atom. The molecule has 0 atom stereocenters. The van der Waals surface area contributed by atoms with E-state index in [4.69, 9.17) is 4.74 Å². The van der Waals surface area contributed by atoms with Crippen LogP contribution in [0.2, 0.25) is 0 Å². The number of para-hydroxylation sites is 1. The highest BCUT2D eigenvalue weighted by Crippen LogP contribution is 2.27. The lowest BCUT2D eigenvalue weighted by Gasteiger charge is -2.26. The molecule has 2 aromatic carbocycles. The Balaban J connectivity index is 1.53. The fraction of sp³-hybridized carbons (Fsp3) is 0.333. The van der Waals surface area contributed by atoms with Crippen molar-refractivity contribution < 1.29 is 17.9 Å². The van der Waals surface area contributed by atoms with Gasteiger partial charge in [-0.2, -0.15) is 4.31 Å². The summed E-state index contributed by atoms with van der Waals surface area (Å²) in [7, 11) is -3.59. The Bertz CT molecular complexity index is 1170. The molecule has 1 saturated heterocycles. The third kappa shape index (κ3) is 4.77. The fourth-order valence-electron chi connectivity index (χ4n) is 3.45. The van der Waals surface area contributed by atoms with Crippen LogP contribution in [-0.4, -0.2) is 60.2 Å². The molecule has 1 aromatic heterocycles. The number of thioether (sulfide) groups is 1. The number of hydrogen-bond acceptors (Lipinski definition) is 6. The molecule has 3 aromatic rings. The summed E-state index contributed by atoms with van der Waals surface area (Å²) in [4.78, 5) is 17.1. The third-order valence-corrected chi connectivity index (χ3v) is 7.87. The molecule has 10 heteroatoms. The van der Waals surface area contributed by atoms with E-state index in [9.17, 15) is 13.2 Å². The Kier molecular flexibility index (Phi) is 6.61. The van der Waals surface area contributed by atoms with Crippen LogP contribution in [0.3, 0.4) is 0 Å². The number of hydrogen-bond donors (Lipinski definition) is 1. The lowest BCUT2D eigenvalue weighted by molar-refractivity contribution is -0.113. The van der Waals surface area contributed by atoms with Crippen molar-refractivity contribution in [2.24, 2.45) is 0 Å². The van der Waals surface area contributed by atoms with Crippen molar-refractivity contribution in [2.45, 2.75) is 23.5 Å². The van der Waals surface area contributed by atoms with Crippen LogP contribution in [0.15, 0.2) is 58.6 Å². The molecule has 2 heterocycles. The summed E-state index contributed by atoms with van der Waals surface area (Å²) in [5.41, 5.74) is 2.19. The Hall–Kier alpha value is -2.40. The first-order valence-electron chi connectivity index (χ1n) is 10.0. The van der Waals surface area contributed by atoms with Gasteiger partial charge in [0.05, 0.1) is 34.9 Å². The SMILES string of the molecule is CCn1c(SCC(=O)Nc2ccccc2)nc2cc(S(=O)(=O)N3CCOCC3)ccc21. The van der Waals surface area contributed by atoms with E-state index >= 15 is 0 Å². The average molecular weight is 461 g/mol. The number of carbonyl (C=O) groups is 1. The lowest BCUT2D eigenvalue weighted by Crippen LogP contribution is -2.40. The Morgan fingerprint density at radius 1 is 1.16 bits per heavy atom. The molecule has 1 fully saturated rings. The minimum Gasteiger partial charge on any atom is -0.379 e. The van der Waals surface area contributed by atoms with Gasteiger partial charge >= 0.3 is 0 Å². The molecular formula is C21H24N4O4S2. The number of carbonyl (C=O) groups excluding carboxylic acids is 1. The number of ether oxygens (including phenoxy) is 1. The average Bonchev–Trinajstić information content (AvgIpc) is 3.15. The monoisotopic (exact) mass is 460 g/mol. The summed E-state index contributed by atoms with van der Waals surface area (Å²) in [5, 5.41) is 3.54. The molecule has 0 aliphatic carbocycles. The van der Waals surface area contributed by atoms with Gasteiger partial charge in [0.25, 0.3) is 0 Å². The van der Waals surface area contributed by atoms with Crippen molar-refractivity contribution in [1.29, 1.82) is 0 Å². The van der Waals surface area contributed by atoms with Crippen molar-refractivity contribution in [3.8, 4) is 0 Å². The Labute approximate surface area is 185 Å². The zero-order chi connectivity index (χ0) is 21.8. The van der Waals surface area contributed by atoms with Crippen molar-refractivity contribution in [2.75, 3.05) is 37.4 Å². The van der Waals surface area contributed by atoms with Crippen molar-refractivity contribution in [3.05, 3.63) is 48.5 Å². The molecule has 31 heavy (non-hydrogen) atoms. The van der Waals surface area contributed by atoms with E-state index in [1.54, 1.807) is 18.2 Å².